The number of nitrogens with one attached hydrogen (secondary N) is 1. The Labute approximate surface area is 205 Å². The normalized spacial score (nSPS) is 10.3. The summed E-state index contributed by atoms with van der Waals surface area (Å²) in [5, 5.41) is 2.76. The predicted octanol–water partition coefficient (Wildman–Crippen LogP) is 3.37. The van der Waals surface area contributed by atoms with E-state index >= 15 is 0 Å². The third-order valence-electron chi connectivity index (χ3n) is 5.06. The van der Waals surface area contributed by atoms with E-state index in [-0.39, 0.29) is 24.9 Å². The molecule has 188 valence electrons. The van der Waals surface area contributed by atoms with Gasteiger partial charge in [-0.2, -0.15) is 0 Å². The van der Waals surface area contributed by atoms with Crippen LogP contribution in [0.1, 0.15) is 61.4 Å². The van der Waals surface area contributed by atoms with Crippen molar-refractivity contribution < 1.29 is 23.9 Å². The van der Waals surface area contributed by atoms with E-state index in [0.717, 1.165) is 12.8 Å². The number of benzene rings is 2. The molecule has 2 rings (SSSR count). The number of hydrogen-bond acceptors (Lipinski definition) is 6. The van der Waals surface area contributed by atoms with Crippen molar-refractivity contribution in [3.63, 3.8) is 0 Å². The molecule has 0 fully saturated rings. The highest BCUT2D eigenvalue weighted by atomic mass is 16.5. The molecule has 0 atom stereocenters. The summed E-state index contributed by atoms with van der Waals surface area (Å²) in [6, 6.07) is 12.8. The van der Waals surface area contributed by atoms with E-state index in [4.69, 9.17) is 20.9 Å². The number of amides is 1. The summed E-state index contributed by atoms with van der Waals surface area (Å²) in [6.07, 6.45) is 6.85. The van der Waals surface area contributed by atoms with Gasteiger partial charge in [-0.15, -0.1) is 0 Å². The number of ether oxygens (including phenoxy) is 2. The highest BCUT2D eigenvalue weighted by Crippen LogP contribution is 2.17. The van der Waals surface area contributed by atoms with Crippen molar-refractivity contribution in [2.24, 2.45) is 16.5 Å². The highest BCUT2D eigenvalue weighted by Gasteiger charge is 2.11. The first-order valence-corrected chi connectivity index (χ1v) is 11.8. The monoisotopic (exact) mass is 482 g/mol. The molecule has 5 N–H and O–H groups in total. The van der Waals surface area contributed by atoms with Crippen LogP contribution in [0.2, 0.25) is 0 Å². The predicted molar refractivity (Wildman–Crippen MR) is 134 cm³/mol. The molecule has 2 aromatic carbocycles. The quantitative estimate of drug-likeness (QED) is 0.123. The first kappa shape index (κ1) is 27.4. The molecular formula is C26H34N4O5. The number of hydrogen-bond donors (Lipinski definition) is 3. The minimum Gasteiger partial charge on any atom is -0.455 e. The fourth-order valence-corrected chi connectivity index (χ4v) is 3.21. The first-order chi connectivity index (χ1) is 16.9. The van der Waals surface area contributed by atoms with Gasteiger partial charge < -0.3 is 26.3 Å². The van der Waals surface area contributed by atoms with Crippen molar-refractivity contribution >= 4 is 29.5 Å². The van der Waals surface area contributed by atoms with Crippen molar-refractivity contribution in [3.8, 4) is 5.75 Å². The van der Waals surface area contributed by atoms with E-state index in [2.05, 4.69) is 17.2 Å². The Morgan fingerprint density at radius 1 is 0.886 bits per heavy atom. The van der Waals surface area contributed by atoms with Gasteiger partial charge in [-0.05, 0) is 48.4 Å². The van der Waals surface area contributed by atoms with Crippen molar-refractivity contribution in [1.29, 1.82) is 0 Å². The van der Waals surface area contributed by atoms with Crippen LogP contribution < -0.4 is 21.5 Å². The first-order valence-electron chi connectivity index (χ1n) is 11.8. The second kappa shape index (κ2) is 15.1. The number of guanidine groups is 1. The number of esters is 2. The minimum atomic E-state index is -0.541. The molecule has 0 saturated heterocycles. The molecule has 1 amide bonds. The van der Waals surface area contributed by atoms with Gasteiger partial charge in [-0.3, -0.25) is 9.59 Å². The van der Waals surface area contributed by atoms with E-state index in [1.807, 2.05) is 0 Å². The van der Waals surface area contributed by atoms with Crippen molar-refractivity contribution in [1.82, 2.24) is 5.32 Å². The molecule has 0 radical (unpaired) electrons. The summed E-state index contributed by atoms with van der Waals surface area (Å²) in [5.74, 6) is -1.10. The molecular weight excluding hydrogens is 448 g/mol. The van der Waals surface area contributed by atoms with E-state index < -0.39 is 11.9 Å². The fraction of sp³-hybridized carbons (Fsp3) is 0.385. The zero-order valence-corrected chi connectivity index (χ0v) is 20.1. The Balaban J connectivity index is 1.69. The average Bonchev–Trinajstić information content (AvgIpc) is 2.83. The third-order valence-corrected chi connectivity index (χ3v) is 5.06. The zero-order valence-electron chi connectivity index (χ0n) is 20.1. The van der Waals surface area contributed by atoms with Gasteiger partial charge in [0, 0.05) is 6.54 Å². The standard InChI is InChI=1S/C26H34N4O5/c1-2-3-4-5-6-7-16-29-23(31)18-34-24(32)17-19-8-14-22(15-9-19)35-25(33)20-10-12-21(13-11-20)30-26(27)28/h8-15H,2-7,16-18H2,1H3,(H,29,31)(H4,27,28,30). The maximum atomic E-state index is 12.3. The largest absolute Gasteiger partial charge is 0.455 e. The van der Waals surface area contributed by atoms with E-state index in [1.165, 1.54) is 25.7 Å². The maximum Gasteiger partial charge on any atom is 0.343 e. The lowest BCUT2D eigenvalue weighted by Crippen LogP contribution is -2.29. The molecule has 0 aliphatic rings. The molecule has 2 aromatic rings. The number of nitrogens with zero attached hydrogens (tertiary/aromatic N) is 1. The molecule has 0 saturated carbocycles. The SMILES string of the molecule is CCCCCCCCNC(=O)COC(=O)Cc1ccc(OC(=O)c2ccc(N=C(N)N)cc2)cc1. The van der Waals surface area contributed by atoms with Crippen molar-refractivity contribution in [2.45, 2.75) is 51.9 Å². The number of carbonyl (C=O) groups excluding carboxylic acids is 3. The van der Waals surface area contributed by atoms with Crippen LogP contribution in [0.25, 0.3) is 0 Å². The molecule has 0 heterocycles. The summed E-state index contributed by atoms with van der Waals surface area (Å²) < 4.78 is 10.4. The summed E-state index contributed by atoms with van der Waals surface area (Å²) >= 11 is 0. The van der Waals surface area contributed by atoms with Crippen LogP contribution in [0.15, 0.2) is 53.5 Å². The van der Waals surface area contributed by atoms with Gasteiger partial charge in [-0.1, -0.05) is 51.2 Å². The van der Waals surface area contributed by atoms with Gasteiger partial charge in [0.25, 0.3) is 5.91 Å². The van der Waals surface area contributed by atoms with Gasteiger partial charge in [0.15, 0.2) is 12.6 Å². The molecule has 9 heteroatoms. The van der Waals surface area contributed by atoms with Crippen LogP contribution in [-0.2, 0) is 20.7 Å². The van der Waals surface area contributed by atoms with Gasteiger partial charge in [0.2, 0.25) is 0 Å². The van der Waals surface area contributed by atoms with E-state index in [0.29, 0.717) is 29.1 Å². The average molecular weight is 483 g/mol. The number of aliphatic imine (C=N–C) groups is 1. The molecule has 0 aliphatic carbocycles. The van der Waals surface area contributed by atoms with E-state index in [9.17, 15) is 14.4 Å². The Bertz CT molecular complexity index is 984. The highest BCUT2D eigenvalue weighted by molar-refractivity contribution is 5.91. The summed E-state index contributed by atoms with van der Waals surface area (Å²) in [7, 11) is 0. The summed E-state index contributed by atoms with van der Waals surface area (Å²) in [5.41, 5.74) is 12.2. The van der Waals surface area contributed by atoms with Crippen LogP contribution >= 0.6 is 0 Å². The molecule has 0 spiro atoms. The Kier molecular flexibility index (Phi) is 11.8. The van der Waals surface area contributed by atoms with Crippen molar-refractivity contribution in [2.75, 3.05) is 13.2 Å². The summed E-state index contributed by atoms with van der Waals surface area (Å²) in [4.78, 5) is 40.0. The summed E-state index contributed by atoms with van der Waals surface area (Å²) in [6.45, 7) is 2.46. The van der Waals surface area contributed by atoms with Crippen LogP contribution in [0.3, 0.4) is 0 Å². The van der Waals surface area contributed by atoms with Crippen LogP contribution in [0, 0.1) is 0 Å². The minimum absolute atomic E-state index is 0.00515. The molecule has 0 bridgehead atoms. The molecule has 35 heavy (non-hydrogen) atoms. The van der Waals surface area contributed by atoms with Gasteiger partial charge in [0.05, 0.1) is 17.7 Å². The van der Waals surface area contributed by atoms with Crippen LogP contribution in [0.4, 0.5) is 5.69 Å². The number of nitrogens with two attached hydrogens (primary N) is 2. The van der Waals surface area contributed by atoms with Crippen LogP contribution in [0.5, 0.6) is 5.75 Å². The fourth-order valence-electron chi connectivity index (χ4n) is 3.21. The lowest BCUT2D eigenvalue weighted by atomic mass is 10.1. The Morgan fingerprint density at radius 2 is 1.54 bits per heavy atom. The second-order valence-corrected chi connectivity index (χ2v) is 8.07. The molecule has 9 nitrogen and oxygen atoms in total. The topological polar surface area (TPSA) is 146 Å². The van der Waals surface area contributed by atoms with Crippen molar-refractivity contribution in [3.05, 3.63) is 59.7 Å². The number of rotatable bonds is 14. The number of carbonyl (C=O) groups is 3. The Hall–Kier alpha value is -3.88. The van der Waals surface area contributed by atoms with Gasteiger partial charge >= 0.3 is 11.9 Å². The lowest BCUT2D eigenvalue weighted by Gasteiger charge is -2.08. The molecule has 0 aromatic heterocycles. The van der Waals surface area contributed by atoms with Gasteiger partial charge in [-0.25, -0.2) is 9.79 Å². The zero-order chi connectivity index (χ0) is 25.5. The Morgan fingerprint density at radius 3 is 2.20 bits per heavy atom. The second-order valence-electron chi connectivity index (χ2n) is 8.07. The number of unbranched alkanes of at least 4 members (excludes halogenated alkanes) is 5. The maximum absolute atomic E-state index is 12.3. The van der Waals surface area contributed by atoms with Crippen LogP contribution in [-0.4, -0.2) is 37.0 Å². The molecule has 0 unspecified atom stereocenters. The smallest absolute Gasteiger partial charge is 0.343 e. The third kappa shape index (κ3) is 11.2. The van der Waals surface area contributed by atoms with Gasteiger partial charge in [0.1, 0.15) is 5.75 Å². The molecule has 0 aliphatic heterocycles. The van der Waals surface area contributed by atoms with E-state index in [1.54, 1.807) is 48.5 Å². The lowest BCUT2D eigenvalue weighted by molar-refractivity contribution is -0.147.